The molecule has 0 amide bonds. The molecule has 106 valence electrons. The zero-order valence-electron chi connectivity index (χ0n) is 12.2. The van der Waals surface area contributed by atoms with Gasteiger partial charge in [-0.15, -0.1) is 0 Å². The zero-order chi connectivity index (χ0) is 14.6. The van der Waals surface area contributed by atoms with Crippen molar-refractivity contribution in [3.63, 3.8) is 0 Å². The van der Waals surface area contributed by atoms with Crippen LogP contribution < -0.4 is 5.73 Å². The topological polar surface area (TPSA) is 53.1 Å². The van der Waals surface area contributed by atoms with Gasteiger partial charge in [0, 0.05) is 16.5 Å². The Bertz CT molecular complexity index is 426. The lowest BCUT2D eigenvalue weighted by Gasteiger charge is -2.30. The number of nitrogens with zero attached hydrogens (tertiary/aromatic N) is 1. The highest BCUT2D eigenvalue weighted by molar-refractivity contribution is 6.30. The zero-order valence-corrected chi connectivity index (χ0v) is 13.0. The SMILES string of the molecule is CC(c1ccc(Cl)cc1)N(C)CCC(C)(C)C(=N)N. The molecule has 3 nitrogen and oxygen atoms in total. The Hall–Kier alpha value is -1.06. The summed E-state index contributed by atoms with van der Waals surface area (Å²) in [7, 11) is 2.09. The van der Waals surface area contributed by atoms with Crippen LogP contribution >= 0.6 is 11.6 Å². The first-order chi connectivity index (χ1) is 8.74. The number of halogens is 1. The summed E-state index contributed by atoms with van der Waals surface area (Å²) in [6, 6.07) is 8.26. The van der Waals surface area contributed by atoms with Crippen LogP contribution in [0.3, 0.4) is 0 Å². The summed E-state index contributed by atoms with van der Waals surface area (Å²) < 4.78 is 0. The average Bonchev–Trinajstić information content (AvgIpc) is 2.36. The Morgan fingerprint density at radius 3 is 2.37 bits per heavy atom. The molecule has 0 saturated heterocycles. The molecule has 1 aromatic carbocycles. The third-order valence-electron chi connectivity index (χ3n) is 3.83. The van der Waals surface area contributed by atoms with Gasteiger partial charge in [0.15, 0.2) is 0 Å². The number of nitrogens with two attached hydrogens (primary N) is 1. The standard InChI is InChI=1S/C15H24ClN3/c1-11(12-5-7-13(16)8-6-12)19(4)10-9-15(2,3)14(17)18/h5-8,11H,9-10H2,1-4H3,(H3,17,18). The van der Waals surface area contributed by atoms with Crippen molar-refractivity contribution in [1.29, 1.82) is 5.41 Å². The van der Waals surface area contributed by atoms with Crippen LogP contribution in [-0.4, -0.2) is 24.3 Å². The van der Waals surface area contributed by atoms with E-state index < -0.39 is 0 Å². The number of hydrogen-bond acceptors (Lipinski definition) is 2. The van der Waals surface area contributed by atoms with Crippen molar-refractivity contribution in [3.05, 3.63) is 34.9 Å². The highest BCUT2D eigenvalue weighted by atomic mass is 35.5. The Morgan fingerprint density at radius 2 is 1.89 bits per heavy atom. The highest BCUT2D eigenvalue weighted by Gasteiger charge is 2.23. The van der Waals surface area contributed by atoms with Gasteiger partial charge in [0.25, 0.3) is 0 Å². The molecule has 0 bridgehead atoms. The fourth-order valence-electron chi connectivity index (χ4n) is 1.78. The smallest absolute Gasteiger partial charge is 0.0963 e. The van der Waals surface area contributed by atoms with Gasteiger partial charge in [0.2, 0.25) is 0 Å². The van der Waals surface area contributed by atoms with E-state index >= 15 is 0 Å². The number of nitrogens with one attached hydrogen (secondary N) is 1. The van der Waals surface area contributed by atoms with Crippen molar-refractivity contribution < 1.29 is 0 Å². The van der Waals surface area contributed by atoms with Crippen LogP contribution in [0.2, 0.25) is 5.02 Å². The number of rotatable bonds is 6. The summed E-state index contributed by atoms with van der Waals surface area (Å²) in [5.74, 6) is 0.250. The van der Waals surface area contributed by atoms with Gasteiger partial charge < -0.3 is 5.73 Å². The van der Waals surface area contributed by atoms with E-state index in [1.165, 1.54) is 5.56 Å². The molecule has 1 rings (SSSR count). The van der Waals surface area contributed by atoms with Gasteiger partial charge in [-0.2, -0.15) is 0 Å². The maximum Gasteiger partial charge on any atom is 0.0963 e. The van der Waals surface area contributed by atoms with Gasteiger partial charge >= 0.3 is 0 Å². The third kappa shape index (κ3) is 4.51. The first-order valence-corrected chi connectivity index (χ1v) is 6.92. The third-order valence-corrected chi connectivity index (χ3v) is 4.08. The molecule has 1 aromatic rings. The normalized spacial score (nSPS) is 13.6. The van der Waals surface area contributed by atoms with E-state index in [0.717, 1.165) is 18.0 Å². The first kappa shape index (κ1) is 16.0. The summed E-state index contributed by atoms with van der Waals surface area (Å²) in [6.45, 7) is 7.09. The number of hydrogen-bond donors (Lipinski definition) is 2. The molecule has 0 aliphatic heterocycles. The van der Waals surface area contributed by atoms with Crippen molar-refractivity contribution in [2.24, 2.45) is 11.1 Å². The molecular formula is C15H24ClN3. The molecule has 4 heteroatoms. The van der Waals surface area contributed by atoms with Gasteiger partial charge in [-0.05, 0) is 44.6 Å². The van der Waals surface area contributed by atoms with Gasteiger partial charge in [0.1, 0.15) is 0 Å². The van der Waals surface area contributed by atoms with Crippen molar-refractivity contribution in [2.75, 3.05) is 13.6 Å². The van der Waals surface area contributed by atoms with E-state index in [4.69, 9.17) is 22.7 Å². The number of benzene rings is 1. The fourth-order valence-corrected chi connectivity index (χ4v) is 1.91. The lowest BCUT2D eigenvalue weighted by Crippen LogP contribution is -2.35. The summed E-state index contributed by atoms with van der Waals surface area (Å²) in [5, 5.41) is 8.34. The summed E-state index contributed by atoms with van der Waals surface area (Å²) in [4.78, 5) is 2.27. The summed E-state index contributed by atoms with van der Waals surface area (Å²) >= 11 is 5.90. The molecule has 0 aliphatic carbocycles. The van der Waals surface area contributed by atoms with E-state index in [2.05, 4.69) is 31.0 Å². The van der Waals surface area contributed by atoms with Crippen LogP contribution in [0, 0.1) is 10.8 Å². The van der Waals surface area contributed by atoms with Gasteiger partial charge in [-0.1, -0.05) is 37.6 Å². The first-order valence-electron chi connectivity index (χ1n) is 6.54. The Balaban J connectivity index is 2.60. The number of amidine groups is 1. The second-order valence-corrected chi connectivity index (χ2v) is 6.19. The maximum atomic E-state index is 7.58. The van der Waals surface area contributed by atoms with E-state index in [-0.39, 0.29) is 11.3 Å². The summed E-state index contributed by atoms with van der Waals surface area (Å²) in [6.07, 6.45) is 0.872. The minimum Gasteiger partial charge on any atom is -0.387 e. The van der Waals surface area contributed by atoms with E-state index in [1.54, 1.807) is 0 Å². The van der Waals surface area contributed by atoms with Crippen LogP contribution in [0.15, 0.2) is 24.3 Å². The molecule has 0 spiro atoms. The Labute approximate surface area is 121 Å². The van der Waals surface area contributed by atoms with Gasteiger partial charge in [0.05, 0.1) is 5.84 Å². The second-order valence-electron chi connectivity index (χ2n) is 5.76. The van der Waals surface area contributed by atoms with E-state index in [0.29, 0.717) is 6.04 Å². The molecule has 3 N–H and O–H groups in total. The molecule has 1 unspecified atom stereocenters. The molecule has 0 fully saturated rings. The Morgan fingerprint density at radius 1 is 1.37 bits per heavy atom. The molecule has 0 aromatic heterocycles. The molecule has 0 saturated carbocycles. The van der Waals surface area contributed by atoms with Gasteiger partial charge in [-0.25, -0.2) is 0 Å². The van der Waals surface area contributed by atoms with E-state index in [9.17, 15) is 0 Å². The highest BCUT2D eigenvalue weighted by Crippen LogP contribution is 2.24. The summed E-state index contributed by atoms with van der Waals surface area (Å²) in [5.41, 5.74) is 6.61. The monoisotopic (exact) mass is 281 g/mol. The second kappa shape index (κ2) is 6.40. The van der Waals surface area contributed by atoms with Crippen LogP contribution in [0.4, 0.5) is 0 Å². The molecule has 0 heterocycles. The lowest BCUT2D eigenvalue weighted by atomic mass is 9.87. The lowest BCUT2D eigenvalue weighted by molar-refractivity contribution is 0.234. The largest absolute Gasteiger partial charge is 0.387 e. The minimum absolute atomic E-state index is 0.242. The van der Waals surface area contributed by atoms with Gasteiger partial charge in [-0.3, -0.25) is 10.3 Å². The van der Waals surface area contributed by atoms with Crippen LogP contribution in [0.25, 0.3) is 0 Å². The van der Waals surface area contributed by atoms with E-state index in [1.807, 2.05) is 26.0 Å². The fraction of sp³-hybridized carbons (Fsp3) is 0.533. The molecule has 0 aliphatic rings. The van der Waals surface area contributed by atoms with Crippen LogP contribution in [-0.2, 0) is 0 Å². The van der Waals surface area contributed by atoms with Crippen LogP contribution in [0.5, 0.6) is 0 Å². The molecule has 0 radical (unpaired) electrons. The molecule has 19 heavy (non-hydrogen) atoms. The maximum absolute atomic E-state index is 7.58. The van der Waals surface area contributed by atoms with Crippen molar-refractivity contribution in [3.8, 4) is 0 Å². The van der Waals surface area contributed by atoms with Crippen molar-refractivity contribution >= 4 is 17.4 Å². The van der Waals surface area contributed by atoms with Crippen molar-refractivity contribution in [2.45, 2.75) is 33.2 Å². The predicted molar refractivity (Wildman–Crippen MR) is 82.8 cm³/mol. The van der Waals surface area contributed by atoms with Crippen LogP contribution in [0.1, 0.15) is 38.8 Å². The quantitative estimate of drug-likeness (QED) is 0.617. The van der Waals surface area contributed by atoms with Crippen molar-refractivity contribution in [1.82, 2.24) is 4.90 Å². The Kier molecular flexibility index (Phi) is 5.39. The molecule has 1 atom stereocenters. The average molecular weight is 282 g/mol. The predicted octanol–water partition coefficient (Wildman–Crippen LogP) is 3.69. The molecular weight excluding hydrogens is 258 g/mol. The minimum atomic E-state index is -0.242.